The maximum absolute atomic E-state index is 10.2. The fourth-order valence-corrected chi connectivity index (χ4v) is 2.10. The van der Waals surface area contributed by atoms with Gasteiger partial charge in [0, 0.05) is 0 Å². The normalized spacial score (nSPS) is 16.8. The highest BCUT2D eigenvalue weighted by Crippen LogP contribution is 2.02. The highest BCUT2D eigenvalue weighted by Gasteiger charge is 2.05. The fraction of sp³-hybridized carbons (Fsp3) is 0.500. The summed E-state index contributed by atoms with van der Waals surface area (Å²) in [5.74, 6) is -0.423. The van der Waals surface area contributed by atoms with E-state index in [2.05, 4.69) is 7.05 Å². The van der Waals surface area contributed by atoms with Crippen LogP contribution in [0.5, 0.6) is 0 Å². The molecule has 1 aromatic carbocycles. The van der Waals surface area contributed by atoms with Gasteiger partial charge in [-0.1, -0.05) is 30.3 Å². The van der Waals surface area contributed by atoms with Crippen LogP contribution in [0, 0.1) is 0 Å². The zero-order valence-corrected chi connectivity index (χ0v) is 11.3. The van der Waals surface area contributed by atoms with Crippen LogP contribution in [0.4, 0.5) is 0 Å². The van der Waals surface area contributed by atoms with Crippen LogP contribution in [0.1, 0.15) is 5.56 Å². The largest absolute Gasteiger partial charge is 0.748 e. The number of morpholine rings is 1. The molecule has 0 atom stereocenters. The summed E-state index contributed by atoms with van der Waals surface area (Å²) in [6, 6.07) is 8.37. The zero-order valence-electron chi connectivity index (χ0n) is 10.5. The molecule has 0 amide bonds. The van der Waals surface area contributed by atoms with Crippen LogP contribution in [-0.4, -0.2) is 46.3 Å². The van der Waals surface area contributed by atoms with Gasteiger partial charge in [-0.3, -0.25) is 0 Å². The molecule has 6 heteroatoms. The van der Waals surface area contributed by atoms with E-state index in [1.807, 2.05) is 0 Å². The Morgan fingerprint density at radius 2 is 1.78 bits per heavy atom. The highest BCUT2D eigenvalue weighted by molar-refractivity contribution is 7.84. The van der Waals surface area contributed by atoms with E-state index in [-0.39, 0.29) is 0 Å². The smallest absolute Gasteiger partial charge is 0.101 e. The van der Waals surface area contributed by atoms with Crippen molar-refractivity contribution in [2.45, 2.75) is 5.75 Å². The lowest BCUT2D eigenvalue weighted by atomic mass is 10.2. The quantitative estimate of drug-likeness (QED) is 0.721. The third-order valence-corrected chi connectivity index (χ3v) is 3.22. The topological polar surface area (TPSA) is 70.9 Å². The van der Waals surface area contributed by atoms with Gasteiger partial charge in [-0.2, -0.15) is 0 Å². The van der Waals surface area contributed by atoms with E-state index in [4.69, 9.17) is 4.74 Å². The van der Waals surface area contributed by atoms with Gasteiger partial charge in [-0.15, -0.1) is 0 Å². The Hall–Kier alpha value is -0.950. The Morgan fingerprint density at radius 3 is 2.17 bits per heavy atom. The van der Waals surface area contributed by atoms with E-state index >= 15 is 0 Å². The van der Waals surface area contributed by atoms with Crippen molar-refractivity contribution in [1.29, 1.82) is 0 Å². The molecule has 0 spiro atoms. The summed E-state index contributed by atoms with van der Waals surface area (Å²) in [6.45, 7) is 4.26. The third kappa shape index (κ3) is 7.39. The fourth-order valence-electron chi connectivity index (χ4n) is 1.50. The number of hydrogen-bond acceptors (Lipinski definition) is 4. The van der Waals surface area contributed by atoms with Gasteiger partial charge in [-0.25, -0.2) is 8.42 Å². The molecule has 1 saturated heterocycles. The third-order valence-electron chi connectivity index (χ3n) is 2.53. The predicted octanol–water partition coefficient (Wildman–Crippen LogP) is -0.737. The van der Waals surface area contributed by atoms with Crippen LogP contribution >= 0.6 is 0 Å². The second-order valence-electron chi connectivity index (χ2n) is 4.26. The van der Waals surface area contributed by atoms with Gasteiger partial charge in [0.25, 0.3) is 0 Å². The molecule has 0 unspecified atom stereocenters. The van der Waals surface area contributed by atoms with Gasteiger partial charge >= 0.3 is 0 Å². The Morgan fingerprint density at radius 1 is 1.22 bits per heavy atom. The molecule has 102 valence electrons. The monoisotopic (exact) mass is 273 g/mol. The van der Waals surface area contributed by atoms with Crippen molar-refractivity contribution >= 4 is 10.1 Å². The molecule has 0 aromatic heterocycles. The maximum Gasteiger partial charge on any atom is 0.101 e. The molecule has 0 radical (unpaired) electrons. The SMILES string of the molecule is C[NH+]1CCOCC1.O=S(=O)([O-])Cc1ccccc1. The molecule has 0 bridgehead atoms. The van der Waals surface area contributed by atoms with Gasteiger partial charge in [-0.05, 0) is 5.56 Å². The van der Waals surface area contributed by atoms with Crippen molar-refractivity contribution in [3.63, 3.8) is 0 Å². The summed E-state index contributed by atoms with van der Waals surface area (Å²) < 4.78 is 35.9. The van der Waals surface area contributed by atoms with Crippen LogP contribution in [0.25, 0.3) is 0 Å². The van der Waals surface area contributed by atoms with Gasteiger partial charge < -0.3 is 14.2 Å². The van der Waals surface area contributed by atoms with E-state index in [0.29, 0.717) is 5.56 Å². The number of likely N-dealkylation sites (N-methyl/N-ethyl adjacent to an activating group) is 1. The molecule has 18 heavy (non-hydrogen) atoms. The predicted molar refractivity (Wildman–Crippen MR) is 67.3 cm³/mol. The molecule has 1 fully saturated rings. The lowest BCUT2D eigenvalue weighted by Gasteiger charge is -2.18. The highest BCUT2D eigenvalue weighted by atomic mass is 32.2. The first-order valence-corrected chi connectivity index (χ1v) is 7.41. The summed E-state index contributed by atoms with van der Waals surface area (Å²) in [7, 11) is -1.93. The average Bonchev–Trinajstić information content (AvgIpc) is 2.30. The number of benzene rings is 1. The summed E-state index contributed by atoms with van der Waals surface area (Å²) >= 11 is 0. The van der Waals surface area contributed by atoms with Crippen LogP contribution in [0.2, 0.25) is 0 Å². The van der Waals surface area contributed by atoms with Gasteiger partial charge in [0.15, 0.2) is 0 Å². The molecule has 0 saturated carbocycles. The molecular formula is C12H19NO4S. The average molecular weight is 273 g/mol. The molecule has 2 rings (SSSR count). The van der Waals surface area contributed by atoms with Gasteiger partial charge in [0.1, 0.15) is 13.1 Å². The van der Waals surface area contributed by atoms with Crippen molar-refractivity contribution in [2.75, 3.05) is 33.4 Å². The molecule has 0 aliphatic carbocycles. The number of hydrogen-bond donors (Lipinski definition) is 1. The minimum atomic E-state index is -4.13. The molecule has 1 aromatic rings. The van der Waals surface area contributed by atoms with E-state index in [9.17, 15) is 13.0 Å². The molecule has 1 heterocycles. The second kappa shape index (κ2) is 7.48. The van der Waals surface area contributed by atoms with E-state index in [0.717, 1.165) is 13.2 Å². The van der Waals surface area contributed by atoms with E-state index < -0.39 is 15.9 Å². The Balaban J connectivity index is 0.000000199. The van der Waals surface area contributed by atoms with Gasteiger partial charge in [0.2, 0.25) is 0 Å². The molecule has 1 aliphatic heterocycles. The Bertz CT molecular complexity index is 427. The minimum absolute atomic E-state index is 0.423. The zero-order chi connectivity index (χ0) is 13.4. The molecule has 1 N–H and O–H groups in total. The first kappa shape index (κ1) is 15.1. The van der Waals surface area contributed by atoms with Crippen LogP contribution in [0.3, 0.4) is 0 Å². The van der Waals surface area contributed by atoms with Crippen LogP contribution in [-0.2, 0) is 20.6 Å². The second-order valence-corrected chi connectivity index (χ2v) is 5.66. The first-order valence-electron chi connectivity index (χ1n) is 5.84. The van der Waals surface area contributed by atoms with Crippen LogP contribution in [0.15, 0.2) is 30.3 Å². The summed E-state index contributed by atoms with van der Waals surface area (Å²) in [4.78, 5) is 1.59. The Labute approximate surface area is 108 Å². The van der Waals surface area contributed by atoms with Crippen molar-refractivity contribution < 1.29 is 22.6 Å². The van der Waals surface area contributed by atoms with Crippen molar-refractivity contribution in [2.24, 2.45) is 0 Å². The number of ether oxygens (including phenoxy) is 1. The summed E-state index contributed by atoms with van der Waals surface area (Å²) in [5.41, 5.74) is 0.530. The van der Waals surface area contributed by atoms with E-state index in [1.165, 1.54) is 13.1 Å². The van der Waals surface area contributed by atoms with Crippen molar-refractivity contribution in [3.05, 3.63) is 35.9 Å². The number of quaternary nitrogens is 1. The Kier molecular flexibility index (Phi) is 6.28. The van der Waals surface area contributed by atoms with Crippen molar-refractivity contribution in [1.82, 2.24) is 0 Å². The first-order chi connectivity index (χ1) is 8.47. The maximum atomic E-state index is 10.2. The van der Waals surface area contributed by atoms with Crippen molar-refractivity contribution in [3.8, 4) is 0 Å². The lowest BCUT2D eigenvalue weighted by Crippen LogP contribution is -3.11. The number of rotatable bonds is 2. The lowest BCUT2D eigenvalue weighted by molar-refractivity contribution is -0.888. The standard InChI is InChI=1S/C7H8O3S.C5H11NO/c8-11(9,10)6-7-4-2-1-3-5-7;1-6-2-4-7-5-3-6/h1-5H,6H2,(H,8,9,10);2-5H2,1H3. The molecule has 5 nitrogen and oxygen atoms in total. The molecular weight excluding hydrogens is 254 g/mol. The van der Waals surface area contributed by atoms with Gasteiger partial charge in [0.05, 0.1) is 36.1 Å². The van der Waals surface area contributed by atoms with Crippen LogP contribution < -0.4 is 4.90 Å². The summed E-state index contributed by atoms with van der Waals surface area (Å²) in [5, 5.41) is 0. The van der Waals surface area contributed by atoms with E-state index in [1.54, 1.807) is 35.2 Å². The summed E-state index contributed by atoms with van der Waals surface area (Å²) in [6.07, 6.45) is 0. The minimum Gasteiger partial charge on any atom is -0.748 e. The molecule has 1 aliphatic rings. The number of nitrogens with one attached hydrogen (secondary N) is 1.